The van der Waals surface area contributed by atoms with Crippen LogP contribution in [0.5, 0.6) is 5.75 Å². The van der Waals surface area contributed by atoms with Crippen LogP contribution in [0.25, 0.3) is 0 Å². The number of para-hydroxylation sites is 2. The molecule has 1 atom stereocenters. The van der Waals surface area contributed by atoms with Crippen molar-refractivity contribution in [2.45, 2.75) is 20.0 Å². The predicted molar refractivity (Wildman–Crippen MR) is 60.0 cm³/mol. The first-order valence-electron chi connectivity index (χ1n) is 4.83. The molecular formula is C11H14N2O3. The highest BCUT2D eigenvalue weighted by Crippen LogP contribution is 2.24. The van der Waals surface area contributed by atoms with Gasteiger partial charge in [0, 0.05) is 6.92 Å². The molecule has 0 unspecified atom stereocenters. The minimum Gasteiger partial charge on any atom is -0.479 e. The van der Waals surface area contributed by atoms with Crippen LogP contribution >= 0.6 is 0 Å². The lowest BCUT2D eigenvalue weighted by atomic mass is 10.3. The molecule has 0 spiro atoms. The molecule has 5 heteroatoms. The molecule has 0 bridgehead atoms. The smallest absolute Gasteiger partial charge is 0.258 e. The molecule has 1 rings (SSSR count). The number of rotatable bonds is 4. The summed E-state index contributed by atoms with van der Waals surface area (Å²) in [5.41, 5.74) is 5.60. The van der Waals surface area contributed by atoms with Crippen molar-refractivity contribution in [3.63, 3.8) is 0 Å². The van der Waals surface area contributed by atoms with E-state index >= 15 is 0 Å². The van der Waals surface area contributed by atoms with E-state index < -0.39 is 12.0 Å². The van der Waals surface area contributed by atoms with Crippen molar-refractivity contribution in [3.8, 4) is 5.75 Å². The third kappa shape index (κ3) is 3.27. The molecule has 0 aromatic heterocycles. The van der Waals surface area contributed by atoms with E-state index in [9.17, 15) is 9.59 Å². The first-order valence-corrected chi connectivity index (χ1v) is 4.83. The third-order valence-electron chi connectivity index (χ3n) is 1.90. The number of carbonyl (C=O) groups excluding carboxylic acids is 2. The van der Waals surface area contributed by atoms with E-state index in [1.165, 1.54) is 6.92 Å². The van der Waals surface area contributed by atoms with Gasteiger partial charge < -0.3 is 15.8 Å². The van der Waals surface area contributed by atoms with Crippen LogP contribution in [0, 0.1) is 0 Å². The topological polar surface area (TPSA) is 81.4 Å². The summed E-state index contributed by atoms with van der Waals surface area (Å²) in [4.78, 5) is 21.8. The number of benzene rings is 1. The minimum atomic E-state index is -0.741. The van der Waals surface area contributed by atoms with Gasteiger partial charge in [0.25, 0.3) is 5.91 Å². The number of hydrogen-bond donors (Lipinski definition) is 2. The average molecular weight is 222 g/mol. The molecule has 0 saturated carbocycles. The summed E-state index contributed by atoms with van der Waals surface area (Å²) in [6.45, 7) is 2.95. The SMILES string of the molecule is CC(=O)Nc1ccccc1O[C@H](C)C(N)=O. The van der Waals surface area contributed by atoms with E-state index in [-0.39, 0.29) is 5.91 Å². The Kier molecular flexibility index (Phi) is 3.88. The Morgan fingerprint density at radius 2 is 2.00 bits per heavy atom. The zero-order valence-corrected chi connectivity index (χ0v) is 9.19. The number of primary amides is 1. The molecule has 0 aliphatic carbocycles. The molecule has 86 valence electrons. The molecule has 0 aliphatic rings. The van der Waals surface area contributed by atoms with E-state index in [1.54, 1.807) is 31.2 Å². The zero-order chi connectivity index (χ0) is 12.1. The van der Waals surface area contributed by atoms with Crippen molar-refractivity contribution < 1.29 is 14.3 Å². The first kappa shape index (κ1) is 12.0. The zero-order valence-electron chi connectivity index (χ0n) is 9.19. The fourth-order valence-corrected chi connectivity index (χ4v) is 1.11. The van der Waals surface area contributed by atoms with E-state index in [1.807, 2.05) is 0 Å². The molecule has 2 amide bonds. The van der Waals surface area contributed by atoms with Gasteiger partial charge in [-0.25, -0.2) is 0 Å². The number of anilines is 1. The standard InChI is InChI=1S/C11H14N2O3/c1-7(11(12)15)16-10-6-4-3-5-9(10)13-8(2)14/h3-7H,1-2H3,(H2,12,15)(H,13,14)/t7-/m1/s1. The molecule has 0 heterocycles. The van der Waals surface area contributed by atoms with E-state index in [0.717, 1.165) is 0 Å². The number of nitrogens with two attached hydrogens (primary N) is 1. The van der Waals surface area contributed by atoms with Gasteiger partial charge in [0.05, 0.1) is 5.69 Å². The summed E-state index contributed by atoms with van der Waals surface area (Å²) >= 11 is 0. The molecule has 0 aliphatic heterocycles. The van der Waals surface area contributed by atoms with Crippen LogP contribution in [0.1, 0.15) is 13.8 Å². The maximum atomic E-state index is 10.9. The van der Waals surface area contributed by atoms with Gasteiger partial charge in [-0.05, 0) is 19.1 Å². The van der Waals surface area contributed by atoms with Gasteiger partial charge in [-0.3, -0.25) is 9.59 Å². The molecule has 0 radical (unpaired) electrons. The highest BCUT2D eigenvalue weighted by Gasteiger charge is 2.12. The molecular weight excluding hydrogens is 208 g/mol. The fraction of sp³-hybridized carbons (Fsp3) is 0.273. The molecule has 1 aromatic rings. The monoisotopic (exact) mass is 222 g/mol. The lowest BCUT2D eigenvalue weighted by molar-refractivity contribution is -0.123. The molecule has 0 saturated heterocycles. The molecule has 3 N–H and O–H groups in total. The molecule has 1 aromatic carbocycles. The van der Waals surface area contributed by atoms with E-state index in [4.69, 9.17) is 10.5 Å². The van der Waals surface area contributed by atoms with E-state index in [0.29, 0.717) is 11.4 Å². The number of hydrogen-bond acceptors (Lipinski definition) is 3. The van der Waals surface area contributed by atoms with Crippen LogP contribution in [0.3, 0.4) is 0 Å². The van der Waals surface area contributed by atoms with Crippen molar-refractivity contribution >= 4 is 17.5 Å². The Balaban J connectivity index is 2.86. The van der Waals surface area contributed by atoms with E-state index in [2.05, 4.69) is 5.32 Å². The average Bonchev–Trinajstić information content (AvgIpc) is 2.20. The second-order valence-electron chi connectivity index (χ2n) is 3.34. The predicted octanol–water partition coefficient (Wildman–Crippen LogP) is 0.898. The second-order valence-corrected chi connectivity index (χ2v) is 3.34. The van der Waals surface area contributed by atoms with Crippen LogP contribution in [-0.2, 0) is 9.59 Å². The van der Waals surface area contributed by atoms with Gasteiger partial charge >= 0.3 is 0 Å². The van der Waals surface area contributed by atoms with Crippen molar-refractivity contribution in [2.75, 3.05) is 5.32 Å². The molecule has 16 heavy (non-hydrogen) atoms. The highest BCUT2D eigenvalue weighted by molar-refractivity contribution is 5.90. The normalized spacial score (nSPS) is 11.6. The lowest BCUT2D eigenvalue weighted by Gasteiger charge is -2.14. The summed E-state index contributed by atoms with van der Waals surface area (Å²) in [7, 11) is 0. The maximum Gasteiger partial charge on any atom is 0.258 e. The number of ether oxygens (including phenoxy) is 1. The van der Waals surface area contributed by atoms with Crippen LogP contribution in [-0.4, -0.2) is 17.9 Å². The summed E-state index contributed by atoms with van der Waals surface area (Å²) < 4.78 is 5.32. The second kappa shape index (κ2) is 5.16. The quantitative estimate of drug-likeness (QED) is 0.794. The summed E-state index contributed by atoms with van der Waals surface area (Å²) in [5, 5.41) is 2.60. The van der Waals surface area contributed by atoms with Crippen molar-refractivity contribution in [2.24, 2.45) is 5.73 Å². The van der Waals surface area contributed by atoms with Crippen molar-refractivity contribution in [3.05, 3.63) is 24.3 Å². The van der Waals surface area contributed by atoms with Gasteiger partial charge in [0.2, 0.25) is 5.91 Å². The lowest BCUT2D eigenvalue weighted by Crippen LogP contribution is -2.30. The van der Waals surface area contributed by atoms with Crippen molar-refractivity contribution in [1.29, 1.82) is 0 Å². The summed E-state index contributed by atoms with van der Waals surface area (Å²) in [5.74, 6) is -0.343. The largest absolute Gasteiger partial charge is 0.479 e. The Bertz CT molecular complexity index is 404. The van der Waals surface area contributed by atoms with Crippen LogP contribution in [0.4, 0.5) is 5.69 Å². The molecule has 5 nitrogen and oxygen atoms in total. The first-order chi connectivity index (χ1) is 7.50. The number of nitrogens with one attached hydrogen (secondary N) is 1. The Morgan fingerprint density at radius 3 is 2.56 bits per heavy atom. The third-order valence-corrected chi connectivity index (χ3v) is 1.90. The van der Waals surface area contributed by atoms with Gasteiger partial charge in [-0.2, -0.15) is 0 Å². The summed E-state index contributed by atoms with van der Waals surface area (Å²) in [6, 6.07) is 6.84. The summed E-state index contributed by atoms with van der Waals surface area (Å²) in [6.07, 6.45) is -0.741. The van der Waals surface area contributed by atoms with Gasteiger partial charge in [0.15, 0.2) is 6.10 Å². The van der Waals surface area contributed by atoms with Crippen LogP contribution in [0.15, 0.2) is 24.3 Å². The van der Waals surface area contributed by atoms with Gasteiger partial charge in [0.1, 0.15) is 5.75 Å². The number of amides is 2. The maximum absolute atomic E-state index is 10.9. The Hall–Kier alpha value is -2.04. The van der Waals surface area contributed by atoms with Crippen LogP contribution in [0.2, 0.25) is 0 Å². The number of carbonyl (C=O) groups is 2. The highest BCUT2D eigenvalue weighted by atomic mass is 16.5. The minimum absolute atomic E-state index is 0.206. The molecule has 0 fully saturated rings. The Morgan fingerprint density at radius 1 is 1.38 bits per heavy atom. The van der Waals surface area contributed by atoms with Gasteiger partial charge in [-0.15, -0.1) is 0 Å². The van der Waals surface area contributed by atoms with Crippen LogP contribution < -0.4 is 15.8 Å². The van der Waals surface area contributed by atoms with Gasteiger partial charge in [-0.1, -0.05) is 12.1 Å². The van der Waals surface area contributed by atoms with Crippen molar-refractivity contribution in [1.82, 2.24) is 0 Å². The Labute approximate surface area is 93.6 Å². The fourth-order valence-electron chi connectivity index (χ4n) is 1.11.